The first-order valence-electron chi connectivity index (χ1n) is 7.88. The van der Waals surface area contributed by atoms with E-state index in [4.69, 9.17) is 14.9 Å². The highest BCUT2D eigenvalue weighted by atomic mass is 16.5. The Kier molecular flexibility index (Phi) is 14.3. The summed E-state index contributed by atoms with van der Waals surface area (Å²) in [6.07, 6.45) is 13.8. The highest BCUT2D eigenvalue weighted by Gasteiger charge is 1.98. The Hall–Kier alpha value is -1.24. The molecule has 0 fully saturated rings. The maximum atomic E-state index is 9.01. The molecule has 0 radical (unpaired) electrons. The Balaban J connectivity index is 3.43. The molecule has 0 aliphatic rings. The number of hydrogen-bond acceptors (Lipinski definition) is 3. The van der Waals surface area contributed by atoms with Gasteiger partial charge in [0.15, 0.2) is 0 Å². The van der Waals surface area contributed by atoms with Crippen molar-refractivity contribution in [1.29, 1.82) is 0 Å². The standard InChI is InChI=1S/C18H30O3/c1-17(2)13-11-9-7-5-3-4-6-8-10-12-14-21-16-18(20)15-19/h4,6,12,14,17-20H,3,5,7,9,11,13,15-16H2,1-2H3/b6-4+,14-12-. The minimum atomic E-state index is -0.831. The molecule has 1 unspecified atom stereocenters. The Morgan fingerprint density at radius 2 is 1.76 bits per heavy atom. The Labute approximate surface area is 129 Å². The first-order valence-corrected chi connectivity index (χ1v) is 7.88. The second-order valence-electron chi connectivity index (χ2n) is 5.55. The van der Waals surface area contributed by atoms with Gasteiger partial charge in [0.2, 0.25) is 0 Å². The van der Waals surface area contributed by atoms with Gasteiger partial charge in [-0.3, -0.25) is 0 Å². The molecule has 0 saturated heterocycles. The third-order valence-corrected chi connectivity index (χ3v) is 2.93. The lowest BCUT2D eigenvalue weighted by Crippen LogP contribution is -2.17. The summed E-state index contributed by atoms with van der Waals surface area (Å²) in [7, 11) is 0. The number of aliphatic hydroxyl groups excluding tert-OH is 2. The van der Waals surface area contributed by atoms with Crippen LogP contribution in [0, 0.1) is 17.8 Å². The molecule has 0 aromatic rings. The zero-order valence-electron chi connectivity index (χ0n) is 13.4. The Morgan fingerprint density at radius 1 is 1.05 bits per heavy atom. The molecule has 0 spiro atoms. The van der Waals surface area contributed by atoms with Gasteiger partial charge in [0.05, 0.1) is 12.9 Å². The predicted molar refractivity (Wildman–Crippen MR) is 87.6 cm³/mol. The molecule has 0 aliphatic heterocycles. The van der Waals surface area contributed by atoms with E-state index in [0.29, 0.717) is 0 Å². The first-order chi connectivity index (χ1) is 10.2. The molecule has 21 heavy (non-hydrogen) atoms. The van der Waals surface area contributed by atoms with Gasteiger partial charge in [-0.25, -0.2) is 0 Å². The normalized spacial score (nSPS) is 12.8. The fourth-order valence-corrected chi connectivity index (χ4v) is 1.71. The molecule has 0 amide bonds. The number of allylic oxidation sites excluding steroid dienone is 3. The van der Waals surface area contributed by atoms with E-state index in [-0.39, 0.29) is 13.2 Å². The van der Waals surface area contributed by atoms with E-state index in [9.17, 15) is 0 Å². The second kappa shape index (κ2) is 15.2. The summed E-state index contributed by atoms with van der Waals surface area (Å²) in [5.41, 5.74) is 0. The average Bonchev–Trinajstić information content (AvgIpc) is 2.46. The van der Waals surface area contributed by atoms with Gasteiger partial charge < -0.3 is 14.9 Å². The molecular formula is C18H30O3. The quantitative estimate of drug-likeness (QED) is 0.349. The zero-order chi connectivity index (χ0) is 15.8. The maximum Gasteiger partial charge on any atom is 0.115 e. The van der Waals surface area contributed by atoms with Crippen molar-refractivity contribution in [2.45, 2.75) is 58.5 Å². The van der Waals surface area contributed by atoms with Gasteiger partial charge in [0.1, 0.15) is 12.7 Å². The van der Waals surface area contributed by atoms with Crippen molar-refractivity contribution in [3.8, 4) is 11.8 Å². The van der Waals surface area contributed by atoms with Crippen LogP contribution >= 0.6 is 0 Å². The van der Waals surface area contributed by atoms with Crippen molar-refractivity contribution in [3.05, 3.63) is 24.5 Å². The van der Waals surface area contributed by atoms with Gasteiger partial charge in [-0.05, 0) is 24.8 Å². The van der Waals surface area contributed by atoms with E-state index in [1.165, 1.54) is 38.4 Å². The van der Waals surface area contributed by atoms with E-state index in [1.807, 2.05) is 6.08 Å². The molecule has 3 nitrogen and oxygen atoms in total. The molecule has 2 N–H and O–H groups in total. The van der Waals surface area contributed by atoms with Crippen molar-refractivity contribution in [1.82, 2.24) is 0 Å². The van der Waals surface area contributed by atoms with Crippen LogP contribution in [-0.2, 0) is 4.74 Å². The molecule has 120 valence electrons. The molecule has 0 aromatic heterocycles. The van der Waals surface area contributed by atoms with E-state index in [2.05, 4.69) is 31.8 Å². The highest BCUT2D eigenvalue weighted by Crippen LogP contribution is 2.10. The summed E-state index contributed by atoms with van der Waals surface area (Å²) >= 11 is 0. The van der Waals surface area contributed by atoms with E-state index < -0.39 is 6.10 Å². The van der Waals surface area contributed by atoms with Gasteiger partial charge in [0, 0.05) is 6.08 Å². The summed E-state index contributed by atoms with van der Waals surface area (Å²) in [5.74, 6) is 6.53. The smallest absolute Gasteiger partial charge is 0.115 e. The SMILES string of the molecule is CC(C)CCCCCC/C=C/C#C/C=C\OCC(O)CO. The van der Waals surface area contributed by atoms with Crippen LogP contribution in [0.4, 0.5) is 0 Å². The highest BCUT2D eigenvalue weighted by molar-refractivity contribution is 5.22. The molecule has 0 bridgehead atoms. The number of aliphatic hydroxyl groups is 2. The minimum Gasteiger partial charge on any atom is -0.498 e. The molecule has 1 atom stereocenters. The van der Waals surface area contributed by atoms with Crippen molar-refractivity contribution < 1.29 is 14.9 Å². The summed E-state index contributed by atoms with van der Waals surface area (Å²) in [6, 6.07) is 0. The van der Waals surface area contributed by atoms with Crippen LogP contribution in [0.3, 0.4) is 0 Å². The lowest BCUT2D eigenvalue weighted by molar-refractivity contribution is 0.0385. The topological polar surface area (TPSA) is 49.7 Å². The van der Waals surface area contributed by atoms with Crippen molar-refractivity contribution in [2.75, 3.05) is 13.2 Å². The molecule has 0 aliphatic carbocycles. The van der Waals surface area contributed by atoms with Gasteiger partial charge in [-0.15, -0.1) is 0 Å². The minimum absolute atomic E-state index is 0.0847. The fourth-order valence-electron chi connectivity index (χ4n) is 1.71. The monoisotopic (exact) mass is 294 g/mol. The maximum absolute atomic E-state index is 9.01. The summed E-state index contributed by atoms with van der Waals surface area (Å²) < 4.78 is 4.97. The van der Waals surface area contributed by atoms with Gasteiger partial charge in [0.25, 0.3) is 0 Å². The van der Waals surface area contributed by atoms with Crippen LogP contribution < -0.4 is 0 Å². The molecule has 0 rings (SSSR count). The van der Waals surface area contributed by atoms with Crippen LogP contribution in [0.25, 0.3) is 0 Å². The molecule has 3 heteroatoms. The van der Waals surface area contributed by atoms with Crippen LogP contribution in [0.2, 0.25) is 0 Å². The molecular weight excluding hydrogens is 264 g/mol. The number of hydrogen-bond donors (Lipinski definition) is 2. The van der Waals surface area contributed by atoms with E-state index in [1.54, 1.807) is 6.08 Å². The average molecular weight is 294 g/mol. The number of ether oxygens (including phenoxy) is 1. The van der Waals surface area contributed by atoms with Crippen molar-refractivity contribution in [3.63, 3.8) is 0 Å². The third-order valence-electron chi connectivity index (χ3n) is 2.93. The van der Waals surface area contributed by atoms with Crippen LogP contribution in [-0.4, -0.2) is 29.5 Å². The van der Waals surface area contributed by atoms with E-state index >= 15 is 0 Å². The largest absolute Gasteiger partial charge is 0.498 e. The number of unbranched alkanes of at least 4 members (excludes halogenated alkanes) is 4. The van der Waals surface area contributed by atoms with Gasteiger partial charge in [-0.2, -0.15) is 0 Å². The second-order valence-corrected chi connectivity index (χ2v) is 5.55. The van der Waals surface area contributed by atoms with Crippen LogP contribution in [0.1, 0.15) is 52.4 Å². The Morgan fingerprint density at radius 3 is 2.48 bits per heavy atom. The van der Waals surface area contributed by atoms with Crippen molar-refractivity contribution >= 4 is 0 Å². The molecule has 0 aromatic carbocycles. The lowest BCUT2D eigenvalue weighted by Gasteiger charge is -2.04. The summed E-state index contributed by atoms with van der Waals surface area (Å²) in [5, 5.41) is 17.6. The summed E-state index contributed by atoms with van der Waals surface area (Å²) in [4.78, 5) is 0. The van der Waals surface area contributed by atoms with Crippen LogP contribution in [0.5, 0.6) is 0 Å². The molecule has 0 saturated carbocycles. The Bertz CT molecular complexity index is 334. The van der Waals surface area contributed by atoms with Crippen molar-refractivity contribution in [2.24, 2.45) is 5.92 Å². The fraction of sp³-hybridized carbons (Fsp3) is 0.667. The number of rotatable bonds is 11. The third kappa shape index (κ3) is 16.7. The molecule has 0 heterocycles. The lowest BCUT2D eigenvalue weighted by atomic mass is 10.0. The first kappa shape index (κ1) is 19.8. The van der Waals surface area contributed by atoms with Gasteiger partial charge in [-0.1, -0.05) is 57.4 Å². The van der Waals surface area contributed by atoms with Gasteiger partial charge >= 0.3 is 0 Å². The summed E-state index contributed by atoms with van der Waals surface area (Å²) in [6.45, 7) is 4.34. The van der Waals surface area contributed by atoms with Crippen LogP contribution in [0.15, 0.2) is 24.5 Å². The predicted octanol–water partition coefficient (Wildman–Crippen LogP) is 3.43. The zero-order valence-corrected chi connectivity index (χ0v) is 13.4. The van der Waals surface area contributed by atoms with E-state index in [0.717, 1.165) is 12.3 Å².